The van der Waals surface area contributed by atoms with Crippen LogP contribution in [0.25, 0.3) is 0 Å². The molecule has 2 amide bonds. The molecule has 3 N–H and O–H groups in total. The van der Waals surface area contributed by atoms with Gasteiger partial charge < -0.3 is 15.7 Å². The standard InChI is InChI=1S/C22H29F3N2O3/c1-20(13-18(26)28)11-9-17(10-12-20)27(16-7-8-16)19(29)14-3-5-15(6-4-14)21(2,30)22(23,24)25/h3-6,16-17,30H,7-13H2,1-2H3,(H2,26,28)/t17-,20-,21-/m0/s1. The number of amides is 2. The molecule has 30 heavy (non-hydrogen) atoms. The second kappa shape index (κ2) is 7.87. The van der Waals surface area contributed by atoms with Crippen molar-refractivity contribution in [2.45, 2.75) is 82.7 Å². The Morgan fingerprint density at radius 1 is 1.10 bits per heavy atom. The Morgan fingerprint density at radius 3 is 2.03 bits per heavy atom. The van der Waals surface area contributed by atoms with E-state index in [0.29, 0.717) is 18.9 Å². The molecule has 0 aliphatic heterocycles. The van der Waals surface area contributed by atoms with Gasteiger partial charge in [0.2, 0.25) is 5.91 Å². The third-order valence-electron chi connectivity index (χ3n) is 6.58. The lowest BCUT2D eigenvalue weighted by atomic mass is 9.71. The van der Waals surface area contributed by atoms with Crippen molar-refractivity contribution >= 4 is 11.8 Å². The van der Waals surface area contributed by atoms with Crippen LogP contribution < -0.4 is 5.73 Å². The number of aliphatic hydroxyl groups is 1. The number of benzene rings is 1. The molecule has 2 aliphatic carbocycles. The van der Waals surface area contributed by atoms with Gasteiger partial charge in [0.05, 0.1) is 0 Å². The van der Waals surface area contributed by atoms with E-state index >= 15 is 0 Å². The van der Waals surface area contributed by atoms with Crippen LogP contribution in [-0.4, -0.2) is 40.1 Å². The number of halogens is 3. The lowest BCUT2D eigenvalue weighted by Gasteiger charge is -2.41. The van der Waals surface area contributed by atoms with Crippen molar-refractivity contribution in [3.05, 3.63) is 35.4 Å². The summed E-state index contributed by atoms with van der Waals surface area (Å²) in [4.78, 5) is 26.4. The summed E-state index contributed by atoms with van der Waals surface area (Å²) in [7, 11) is 0. The molecule has 2 saturated carbocycles. The van der Waals surface area contributed by atoms with Crippen molar-refractivity contribution < 1.29 is 27.9 Å². The molecule has 0 spiro atoms. The normalized spacial score (nSPS) is 26.7. The summed E-state index contributed by atoms with van der Waals surface area (Å²) in [5.41, 5.74) is 2.26. The monoisotopic (exact) mass is 426 g/mol. The van der Waals surface area contributed by atoms with Gasteiger partial charge in [0.1, 0.15) is 0 Å². The van der Waals surface area contributed by atoms with Gasteiger partial charge in [-0.25, -0.2) is 0 Å². The van der Waals surface area contributed by atoms with E-state index < -0.39 is 11.8 Å². The average Bonchev–Trinajstić information content (AvgIpc) is 3.47. The summed E-state index contributed by atoms with van der Waals surface area (Å²) in [6, 6.07) is 5.23. The van der Waals surface area contributed by atoms with Crippen molar-refractivity contribution in [3.63, 3.8) is 0 Å². The SMILES string of the molecule is C[C@](O)(c1ccc(C(=O)N(C2CC2)[C@H]2CC[C@](C)(CC(N)=O)CC2)cc1)C(F)(F)F. The highest BCUT2D eigenvalue weighted by Crippen LogP contribution is 2.43. The minimum atomic E-state index is -4.81. The Balaban J connectivity index is 1.74. The largest absolute Gasteiger partial charge is 0.421 e. The van der Waals surface area contributed by atoms with Gasteiger partial charge in [-0.15, -0.1) is 0 Å². The molecule has 0 aromatic heterocycles. The quantitative estimate of drug-likeness (QED) is 0.724. The first-order valence-electron chi connectivity index (χ1n) is 10.3. The lowest BCUT2D eigenvalue weighted by molar-refractivity contribution is -0.258. The van der Waals surface area contributed by atoms with Gasteiger partial charge >= 0.3 is 6.18 Å². The van der Waals surface area contributed by atoms with Crippen LogP contribution in [0.4, 0.5) is 13.2 Å². The molecule has 3 rings (SSSR count). The van der Waals surface area contributed by atoms with Gasteiger partial charge in [-0.3, -0.25) is 9.59 Å². The lowest BCUT2D eigenvalue weighted by Crippen LogP contribution is -2.45. The molecular formula is C22H29F3N2O3. The average molecular weight is 426 g/mol. The summed E-state index contributed by atoms with van der Waals surface area (Å²) in [6.07, 6.45) is 0.494. The van der Waals surface area contributed by atoms with Gasteiger partial charge in [0.25, 0.3) is 5.91 Å². The smallest absolute Gasteiger partial charge is 0.376 e. The Labute approximate surface area is 174 Å². The predicted octanol–water partition coefficient (Wildman–Crippen LogP) is 3.89. The van der Waals surface area contributed by atoms with Gasteiger partial charge in [0.15, 0.2) is 5.60 Å². The third-order valence-corrected chi connectivity index (χ3v) is 6.58. The van der Waals surface area contributed by atoms with E-state index in [0.717, 1.165) is 50.7 Å². The zero-order valence-corrected chi connectivity index (χ0v) is 17.3. The molecule has 0 radical (unpaired) electrons. The maximum Gasteiger partial charge on any atom is 0.421 e. The Bertz CT molecular complexity index is 793. The fourth-order valence-corrected chi connectivity index (χ4v) is 4.41. The van der Waals surface area contributed by atoms with E-state index in [1.807, 2.05) is 11.8 Å². The Hall–Kier alpha value is -2.09. The highest BCUT2D eigenvalue weighted by Gasteiger charge is 2.51. The van der Waals surface area contributed by atoms with Gasteiger partial charge in [-0.05, 0) is 68.6 Å². The van der Waals surface area contributed by atoms with Gasteiger partial charge in [0, 0.05) is 24.1 Å². The van der Waals surface area contributed by atoms with Crippen molar-refractivity contribution in [2.75, 3.05) is 0 Å². The fourth-order valence-electron chi connectivity index (χ4n) is 4.41. The van der Waals surface area contributed by atoms with Crippen LogP contribution in [0.1, 0.15) is 74.7 Å². The molecule has 0 bridgehead atoms. The third kappa shape index (κ3) is 4.63. The summed E-state index contributed by atoms with van der Waals surface area (Å²) in [5.74, 6) is -0.514. The van der Waals surface area contributed by atoms with Crippen LogP contribution in [0.3, 0.4) is 0 Å². The number of primary amides is 1. The number of hydrogen-bond acceptors (Lipinski definition) is 3. The molecule has 0 heterocycles. The van der Waals surface area contributed by atoms with Crippen LogP contribution in [0, 0.1) is 5.41 Å². The second-order valence-electron chi connectivity index (χ2n) is 9.28. The number of hydrogen-bond donors (Lipinski definition) is 2. The predicted molar refractivity (Wildman–Crippen MR) is 105 cm³/mol. The molecule has 2 aliphatic rings. The van der Waals surface area contributed by atoms with E-state index in [2.05, 4.69) is 0 Å². The van der Waals surface area contributed by atoms with Crippen LogP contribution in [-0.2, 0) is 10.4 Å². The molecule has 1 aromatic rings. The second-order valence-corrected chi connectivity index (χ2v) is 9.28. The number of rotatable bonds is 6. The summed E-state index contributed by atoms with van der Waals surface area (Å²) >= 11 is 0. The molecule has 8 heteroatoms. The minimum absolute atomic E-state index is 0.0453. The summed E-state index contributed by atoms with van der Waals surface area (Å²) < 4.78 is 39.2. The summed E-state index contributed by atoms with van der Waals surface area (Å²) in [6.45, 7) is 2.74. The number of carbonyl (C=O) groups is 2. The van der Waals surface area contributed by atoms with E-state index in [1.54, 1.807) is 0 Å². The van der Waals surface area contributed by atoms with Gasteiger partial charge in [-0.1, -0.05) is 19.1 Å². The van der Waals surface area contributed by atoms with E-state index in [1.165, 1.54) is 12.1 Å². The van der Waals surface area contributed by atoms with Crippen LogP contribution in [0.15, 0.2) is 24.3 Å². The zero-order valence-electron chi connectivity index (χ0n) is 17.3. The number of nitrogens with zero attached hydrogens (tertiary/aromatic N) is 1. The molecular weight excluding hydrogens is 397 g/mol. The number of carbonyl (C=O) groups excluding carboxylic acids is 2. The van der Waals surface area contributed by atoms with Crippen molar-refractivity contribution in [2.24, 2.45) is 11.1 Å². The van der Waals surface area contributed by atoms with Gasteiger partial charge in [-0.2, -0.15) is 13.2 Å². The minimum Gasteiger partial charge on any atom is -0.376 e. The maximum atomic E-state index is 13.2. The van der Waals surface area contributed by atoms with Crippen LogP contribution in [0.2, 0.25) is 0 Å². The molecule has 0 saturated heterocycles. The van der Waals surface area contributed by atoms with Crippen molar-refractivity contribution in [1.29, 1.82) is 0 Å². The molecule has 1 aromatic carbocycles. The molecule has 166 valence electrons. The van der Waals surface area contributed by atoms with Crippen LogP contribution >= 0.6 is 0 Å². The molecule has 1 atom stereocenters. The molecule has 5 nitrogen and oxygen atoms in total. The van der Waals surface area contributed by atoms with E-state index in [4.69, 9.17) is 5.73 Å². The van der Waals surface area contributed by atoms with E-state index in [9.17, 15) is 27.9 Å². The van der Waals surface area contributed by atoms with Crippen molar-refractivity contribution in [3.8, 4) is 0 Å². The highest BCUT2D eigenvalue weighted by atomic mass is 19.4. The number of alkyl halides is 3. The Morgan fingerprint density at radius 2 is 1.60 bits per heavy atom. The molecule has 2 fully saturated rings. The zero-order chi connectivity index (χ0) is 22.3. The molecule has 0 unspecified atom stereocenters. The first-order valence-corrected chi connectivity index (χ1v) is 10.3. The first-order chi connectivity index (χ1) is 13.8. The van der Waals surface area contributed by atoms with Crippen molar-refractivity contribution in [1.82, 2.24) is 4.90 Å². The topological polar surface area (TPSA) is 83.6 Å². The number of nitrogens with two attached hydrogens (primary N) is 1. The fraction of sp³-hybridized carbons (Fsp3) is 0.636. The van der Waals surface area contributed by atoms with Crippen LogP contribution in [0.5, 0.6) is 0 Å². The highest BCUT2D eigenvalue weighted by molar-refractivity contribution is 5.95. The first kappa shape index (κ1) is 22.6. The summed E-state index contributed by atoms with van der Waals surface area (Å²) in [5, 5.41) is 9.82. The van der Waals surface area contributed by atoms with E-state index in [-0.39, 0.29) is 34.9 Å². The Kier molecular flexibility index (Phi) is 5.93. The maximum absolute atomic E-state index is 13.2.